The number of nitrogens with one attached hydrogen (secondary N) is 1. The van der Waals surface area contributed by atoms with Gasteiger partial charge in [-0.15, -0.1) is 0 Å². The van der Waals surface area contributed by atoms with Crippen molar-refractivity contribution in [1.29, 1.82) is 0 Å². The average molecular weight is 301 g/mol. The molecule has 0 saturated heterocycles. The maximum absolute atomic E-state index is 12.3. The SMILES string of the molecule is CC(NC(=O)Cc1ccccc1OC(F)F)C(C)C(=O)O. The molecule has 0 saturated carbocycles. The quantitative estimate of drug-likeness (QED) is 0.808. The van der Waals surface area contributed by atoms with Crippen LogP contribution in [0.1, 0.15) is 19.4 Å². The van der Waals surface area contributed by atoms with Crippen LogP contribution >= 0.6 is 0 Å². The van der Waals surface area contributed by atoms with Crippen molar-refractivity contribution in [3.8, 4) is 5.75 Å². The number of carbonyl (C=O) groups is 2. The Balaban J connectivity index is 2.69. The van der Waals surface area contributed by atoms with Crippen molar-refractivity contribution in [1.82, 2.24) is 5.32 Å². The summed E-state index contributed by atoms with van der Waals surface area (Å²) >= 11 is 0. The highest BCUT2D eigenvalue weighted by Crippen LogP contribution is 2.20. The third kappa shape index (κ3) is 5.37. The number of halogens is 2. The second kappa shape index (κ2) is 7.56. The van der Waals surface area contributed by atoms with E-state index in [1.165, 1.54) is 25.1 Å². The van der Waals surface area contributed by atoms with E-state index in [0.717, 1.165) is 0 Å². The molecule has 1 aromatic carbocycles. The molecule has 7 heteroatoms. The number of carboxylic acid groups (broad SMARTS) is 1. The van der Waals surface area contributed by atoms with Gasteiger partial charge >= 0.3 is 12.6 Å². The summed E-state index contributed by atoms with van der Waals surface area (Å²) in [6.07, 6.45) is -0.167. The van der Waals surface area contributed by atoms with E-state index in [2.05, 4.69) is 10.1 Å². The van der Waals surface area contributed by atoms with Crippen LogP contribution in [-0.4, -0.2) is 29.6 Å². The summed E-state index contributed by atoms with van der Waals surface area (Å²) in [5.41, 5.74) is 0.311. The number of alkyl halides is 2. The maximum atomic E-state index is 12.3. The Bertz CT molecular complexity index is 508. The molecule has 0 aliphatic carbocycles. The van der Waals surface area contributed by atoms with E-state index in [9.17, 15) is 18.4 Å². The van der Waals surface area contributed by atoms with Crippen molar-refractivity contribution in [2.24, 2.45) is 5.92 Å². The van der Waals surface area contributed by atoms with Gasteiger partial charge in [-0.25, -0.2) is 0 Å². The van der Waals surface area contributed by atoms with E-state index in [0.29, 0.717) is 5.56 Å². The van der Waals surface area contributed by atoms with Gasteiger partial charge in [-0.3, -0.25) is 9.59 Å². The Morgan fingerprint density at radius 3 is 2.48 bits per heavy atom. The third-order valence-electron chi connectivity index (χ3n) is 3.07. The number of carboxylic acids is 1. The summed E-state index contributed by atoms with van der Waals surface area (Å²) in [5, 5.41) is 11.4. The summed E-state index contributed by atoms with van der Waals surface area (Å²) in [5.74, 6) is -2.30. The minimum Gasteiger partial charge on any atom is -0.481 e. The lowest BCUT2D eigenvalue weighted by atomic mass is 10.0. The Hall–Kier alpha value is -2.18. The normalized spacial score (nSPS) is 13.6. The predicted octanol–water partition coefficient (Wildman–Crippen LogP) is 2.06. The van der Waals surface area contributed by atoms with Gasteiger partial charge in [-0.05, 0) is 19.9 Å². The van der Waals surface area contributed by atoms with Crippen LogP contribution in [-0.2, 0) is 16.0 Å². The molecule has 0 bridgehead atoms. The van der Waals surface area contributed by atoms with Crippen LogP contribution in [0.2, 0.25) is 0 Å². The molecule has 0 spiro atoms. The van der Waals surface area contributed by atoms with E-state index in [1.807, 2.05) is 0 Å². The summed E-state index contributed by atoms with van der Waals surface area (Å²) in [4.78, 5) is 22.6. The molecule has 1 amide bonds. The standard InChI is InChI=1S/C14H17F2NO4/c1-8(13(19)20)9(2)17-12(18)7-10-5-3-4-6-11(10)21-14(15)16/h3-6,8-9,14H,7H2,1-2H3,(H,17,18)(H,19,20). The van der Waals surface area contributed by atoms with Gasteiger partial charge in [0.2, 0.25) is 5.91 Å². The first-order chi connectivity index (χ1) is 9.81. The van der Waals surface area contributed by atoms with Gasteiger partial charge in [0.15, 0.2) is 0 Å². The second-order valence-corrected chi connectivity index (χ2v) is 4.65. The van der Waals surface area contributed by atoms with Crippen molar-refractivity contribution in [2.45, 2.75) is 32.9 Å². The van der Waals surface area contributed by atoms with Crippen molar-refractivity contribution >= 4 is 11.9 Å². The number of ether oxygens (including phenoxy) is 1. The number of rotatable bonds is 7. The average Bonchev–Trinajstić information content (AvgIpc) is 2.39. The van der Waals surface area contributed by atoms with Gasteiger partial charge < -0.3 is 15.2 Å². The van der Waals surface area contributed by atoms with E-state index < -0.39 is 30.4 Å². The first kappa shape index (κ1) is 16.9. The van der Waals surface area contributed by atoms with Gasteiger partial charge in [0, 0.05) is 11.6 Å². The molecular weight excluding hydrogens is 284 g/mol. The molecule has 0 radical (unpaired) electrons. The van der Waals surface area contributed by atoms with Crippen molar-refractivity contribution in [3.63, 3.8) is 0 Å². The summed E-state index contributed by atoms with van der Waals surface area (Å²) in [6.45, 7) is 0.0690. The smallest absolute Gasteiger partial charge is 0.387 e. The van der Waals surface area contributed by atoms with Crippen LogP contribution in [0.25, 0.3) is 0 Å². The monoisotopic (exact) mass is 301 g/mol. The number of hydrogen-bond acceptors (Lipinski definition) is 3. The van der Waals surface area contributed by atoms with Crippen LogP contribution < -0.4 is 10.1 Å². The molecule has 5 nitrogen and oxygen atoms in total. The Kier molecular flexibility index (Phi) is 6.08. The summed E-state index contributed by atoms with van der Waals surface area (Å²) < 4.78 is 28.8. The molecule has 1 rings (SSSR count). The summed E-state index contributed by atoms with van der Waals surface area (Å²) in [6, 6.07) is 5.40. The van der Waals surface area contributed by atoms with E-state index in [4.69, 9.17) is 5.11 Å². The third-order valence-corrected chi connectivity index (χ3v) is 3.07. The van der Waals surface area contributed by atoms with E-state index in [-0.39, 0.29) is 12.2 Å². The minimum atomic E-state index is -2.97. The topological polar surface area (TPSA) is 75.6 Å². The molecule has 2 N–H and O–H groups in total. The largest absolute Gasteiger partial charge is 0.481 e. The van der Waals surface area contributed by atoms with Gasteiger partial charge in [-0.2, -0.15) is 8.78 Å². The number of aliphatic carboxylic acids is 1. The van der Waals surface area contributed by atoms with Crippen LogP contribution in [0, 0.1) is 5.92 Å². The van der Waals surface area contributed by atoms with Crippen molar-refractivity contribution in [3.05, 3.63) is 29.8 Å². The highest BCUT2D eigenvalue weighted by atomic mass is 19.3. The molecule has 0 fully saturated rings. The molecule has 116 valence electrons. The fourth-order valence-corrected chi connectivity index (χ4v) is 1.68. The molecule has 1 aromatic rings. The van der Waals surface area contributed by atoms with Crippen molar-refractivity contribution < 1.29 is 28.2 Å². The van der Waals surface area contributed by atoms with Gasteiger partial charge in [0.25, 0.3) is 0 Å². The number of hydrogen-bond donors (Lipinski definition) is 2. The van der Waals surface area contributed by atoms with E-state index in [1.54, 1.807) is 13.0 Å². The van der Waals surface area contributed by atoms with Crippen LogP contribution in [0.4, 0.5) is 8.78 Å². The number of carbonyl (C=O) groups excluding carboxylic acids is 1. The first-order valence-electron chi connectivity index (χ1n) is 6.36. The number of benzene rings is 1. The number of para-hydroxylation sites is 1. The van der Waals surface area contributed by atoms with Crippen LogP contribution in [0.15, 0.2) is 24.3 Å². The molecule has 0 heterocycles. The molecule has 0 aliphatic heterocycles. The predicted molar refractivity (Wildman–Crippen MR) is 71.2 cm³/mol. The first-order valence-corrected chi connectivity index (χ1v) is 6.36. The molecule has 21 heavy (non-hydrogen) atoms. The van der Waals surface area contributed by atoms with Gasteiger partial charge in [-0.1, -0.05) is 18.2 Å². The Morgan fingerprint density at radius 1 is 1.29 bits per heavy atom. The van der Waals surface area contributed by atoms with Crippen molar-refractivity contribution in [2.75, 3.05) is 0 Å². The Morgan fingerprint density at radius 2 is 1.90 bits per heavy atom. The van der Waals surface area contributed by atoms with Crippen LogP contribution in [0.3, 0.4) is 0 Å². The fourth-order valence-electron chi connectivity index (χ4n) is 1.68. The lowest BCUT2D eigenvalue weighted by molar-refractivity contribution is -0.142. The number of amides is 1. The zero-order valence-corrected chi connectivity index (χ0v) is 11.7. The zero-order valence-electron chi connectivity index (χ0n) is 11.7. The minimum absolute atomic E-state index is 0.0680. The van der Waals surface area contributed by atoms with Gasteiger partial charge in [0.05, 0.1) is 12.3 Å². The highest BCUT2D eigenvalue weighted by molar-refractivity contribution is 5.80. The van der Waals surface area contributed by atoms with Crippen LogP contribution in [0.5, 0.6) is 5.75 Å². The molecule has 0 aliphatic rings. The molecule has 2 unspecified atom stereocenters. The Labute approximate surface area is 120 Å². The maximum Gasteiger partial charge on any atom is 0.387 e. The molecule has 2 atom stereocenters. The van der Waals surface area contributed by atoms with E-state index >= 15 is 0 Å². The highest BCUT2D eigenvalue weighted by Gasteiger charge is 2.21. The summed E-state index contributed by atoms with van der Waals surface area (Å²) in [7, 11) is 0. The molecule has 0 aromatic heterocycles. The zero-order chi connectivity index (χ0) is 16.0. The van der Waals surface area contributed by atoms with Gasteiger partial charge in [0.1, 0.15) is 5.75 Å². The molecular formula is C14H17F2NO4. The second-order valence-electron chi connectivity index (χ2n) is 4.65. The lowest BCUT2D eigenvalue weighted by Crippen LogP contribution is -2.40. The lowest BCUT2D eigenvalue weighted by Gasteiger charge is -2.18. The fraction of sp³-hybridized carbons (Fsp3) is 0.429.